The first-order valence-corrected chi connectivity index (χ1v) is 11.6. The van der Waals surface area contributed by atoms with Crippen LogP contribution in [-0.4, -0.2) is 44.1 Å². The van der Waals surface area contributed by atoms with Gasteiger partial charge in [0, 0.05) is 31.1 Å². The van der Waals surface area contributed by atoms with Crippen molar-refractivity contribution in [2.24, 2.45) is 0 Å². The summed E-state index contributed by atoms with van der Waals surface area (Å²) < 4.78 is 17.9. The number of piperidine rings is 1. The van der Waals surface area contributed by atoms with Crippen LogP contribution in [0.3, 0.4) is 0 Å². The smallest absolute Gasteiger partial charge is 0.415 e. The first-order valence-electron chi connectivity index (χ1n) is 11.6. The van der Waals surface area contributed by atoms with Crippen LogP contribution in [0.15, 0.2) is 48.9 Å². The molecule has 0 saturated carbocycles. The summed E-state index contributed by atoms with van der Waals surface area (Å²) in [5.74, 6) is 2.17. The van der Waals surface area contributed by atoms with E-state index in [0.717, 1.165) is 42.5 Å². The van der Waals surface area contributed by atoms with Crippen molar-refractivity contribution < 1.29 is 19.0 Å². The number of pyridine rings is 1. The molecule has 2 fully saturated rings. The number of amides is 1. The van der Waals surface area contributed by atoms with Crippen LogP contribution in [0.4, 0.5) is 4.79 Å². The van der Waals surface area contributed by atoms with Gasteiger partial charge in [0.2, 0.25) is 11.8 Å². The minimum absolute atomic E-state index is 0.0393. The molecule has 176 valence electrons. The number of benzene rings is 1. The molecule has 5 rings (SSSR count). The van der Waals surface area contributed by atoms with Crippen molar-refractivity contribution in [3.63, 3.8) is 0 Å². The van der Waals surface area contributed by atoms with Gasteiger partial charge >= 0.3 is 6.09 Å². The van der Waals surface area contributed by atoms with Crippen LogP contribution in [-0.2, 0) is 0 Å². The van der Waals surface area contributed by atoms with Gasteiger partial charge in [-0.3, -0.25) is 4.98 Å². The minimum atomic E-state index is -0.282. The number of aromatic nitrogens is 3. The Morgan fingerprint density at radius 3 is 2.35 bits per heavy atom. The Morgan fingerprint density at radius 2 is 1.65 bits per heavy atom. The Labute approximate surface area is 198 Å². The Kier molecular flexibility index (Phi) is 6.04. The summed E-state index contributed by atoms with van der Waals surface area (Å²) in [4.78, 5) is 27.7. The van der Waals surface area contributed by atoms with Gasteiger partial charge in [-0.05, 0) is 57.9 Å². The molecule has 0 aliphatic carbocycles. The Balaban J connectivity index is 1.25. The van der Waals surface area contributed by atoms with Gasteiger partial charge < -0.3 is 19.1 Å². The predicted octanol–water partition coefficient (Wildman–Crippen LogP) is 5.16. The molecule has 0 N–H and O–H groups in total. The summed E-state index contributed by atoms with van der Waals surface area (Å²) in [6.45, 7) is 5.78. The highest BCUT2D eigenvalue weighted by Crippen LogP contribution is 2.38. The molecule has 1 aromatic carbocycles. The summed E-state index contributed by atoms with van der Waals surface area (Å²) in [7, 11) is 0. The van der Waals surface area contributed by atoms with E-state index in [4.69, 9.17) is 14.2 Å². The number of fused-ring (bicyclic) bond motifs is 2. The number of rotatable bonds is 5. The summed E-state index contributed by atoms with van der Waals surface area (Å²) in [5.41, 5.74) is 2.64. The maximum absolute atomic E-state index is 12.9. The molecule has 2 unspecified atom stereocenters. The molecule has 2 bridgehead atoms. The first-order chi connectivity index (χ1) is 16.5. The number of carbonyl (C=O) groups excluding carboxylic acids is 1. The van der Waals surface area contributed by atoms with Gasteiger partial charge in [-0.25, -0.2) is 14.8 Å². The molecule has 1 amide bonds. The largest absolute Gasteiger partial charge is 0.474 e. The van der Waals surface area contributed by atoms with E-state index in [1.54, 1.807) is 6.20 Å². The van der Waals surface area contributed by atoms with Gasteiger partial charge in [0.1, 0.15) is 18.2 Å². The van der Waals surface area contributed by atoms with Crippen molar-refractivity contribution in [1.29, 1.82) is 0 Å². The summed E-state index contributed by atoms with van der Waals surface area (Å²) >= 11 is 0. The SMILES string of the molecule is Cc1ccc(OC(=O)N2C3CCC2CC(Oc2ncnc(Oc4cccnc4C)c2C)C3)cc1. The van der Waals surface area contributed by atoms with Gasteiger partial charge in [0.25, 0.3) is 0 Å². The van der Waals surface area contributed by atoms with Crippen LogP contribution in [0.1, 0.15) is 42.5 Å². The van der Waals surface area contributed by atoms with Crippen LogP contribution < -0.4 is 14.2 Å². The number of aryl methyl sites for hydroxylation is 2. The lowest BCUT2D eigenvalue weighted by Crippen LogP contribution is -2.50. The van der Waals surface area contributed by atoms with Crippen LogP contribution in [0, 0.1) is 20.8 Å². The predicted molar refractivity (Wildman–Crippen MR) is 125 cm³/mol. The molecule has 8 nitrogen and oxygen atoms in total. The molecule has 3 aromatic rings. The van der Waals surface area contributed by atoms with E-state index >= 15 is 0 Å². The molecular formula is C26H28N4O4. The molecule has 0 spiro atoms. The third-order valence-corrected chi connectivity index (χ3v) is 6.56. The molecule has 2 atom stereocenters. The highest BCUT2D eigenvalue weighted by Gasteiger charge is 2.45. The zero-order valence-corrected chi connectivity index (χ0v) is 19.6. The number of nitrogens with zero attached hydrogens (tertiary/aromatic N) is 4. The number of hydrogen-bond donors (Lipinski definition) is 0. The Bertz CT molecular complexity index is 1170. The quantitative estimate of drug-likeness (QED) is 0.520. The van der Waals surface area contributed by atoms with Gasteiger partial charge in [0.05, 0.1) is 11.3 Å². The lowest BCUT2D eigenvalue weighted by Gasteiger charge is -2.37. The average Bonchev–Trinajstić information content (AvgIpc) is 3.10. The topological polar surface area (TPSA) is 86.7 Å². The van der Waals surface area contributed by atoms with Gasteiger partial charge in [-0.1, -0.05) is 17.7 Å². The Hall–Kier alpha value is -3.68. The zero-order valence-electron chi connectivity index (χ0n) is 19.6. The lowest BCUT2D eigenvalue weighted by molar-refractivity contribution is 0.0502. The monoisotopic (exact) mass is 460 g/mol. The minimum Gasteiger partial charge on any atom is -0.474 e. The van der Waals surface area contributed by atoms with Crippen LogP contribution in [0.25, 0.3) is 0 Å². The van der Waals surface area contributed by atoms with E-state index in [-0.39, 0.29) is 24.3 Å². The Morgan fingerprint density at radius 1 is 0.941 bits per heavy atom. The zero-order chi connectivity index (χ0) is 23.7. The molecule has 8 heteroatoms. The third kappa shape index (κ3) is 4.53. The molecule has 2 saturated heterocycles. The highest BCUT2D eigenvalue weighted by atomic mass is 16.6. The van der Waals surface area contributed by atoms with E-state index in [0.29, 0.717) is 23.3 Å². The van der Waals surface area contributed by atoms with E-state index in [1.807, 2.05) is 62.1 Å². The normalized spacial score (nSPS) is 21.3. The van der Waals surface area contributed by atoms with E-state index in [1.165, 1.54) is 6.33 Å². The fourth-order valence-electron chi connectivity index (χ4n) is 4.76. The highest BCUT2D eigenvalue weighted by molar-refractivity contribution is 5.72. The molecule has 0 radical (unpaired) electrons. The molecule has 34 heavy (non-hydrogen) atoms. The molecular weight excluding hydrogens is 432 g/mol. The summed E-state index contributed by atoms with van der Waals surface area (Å²) in [6.07, 6.45) is 6.22. The van der Waals surface area contributed by atoms with Crippen molar-refractivity contribution in [2.75, 3.05) is 0 Å². The molecule has 4 heterocycles. The van der Waals surface area contributed by atoms with Gasteiger partial charge in [0.15, 0.2) is 5.75 Å². The molecule has 2 aromatic heterocycles. The first kappa shape index (κ1) is 22.1. The van der Waals surface area contributed by atoms with Gasteiger partial charge in [-0.15, -0.1) is 0 Å². The van der Waals surface area contributed by atoms with Gasteiger partial charge in [-0.2, -0.15) is 0 Å². The van der Waals surface area contributed by atoms with Crippen molar-refractivity contribution in [3.8, 4) is 23.3 Å². The second-order valence-corrected chi connectivity index (χ2v) is 8.98. The van der Waals surface area contributed by atoms with Crippen molar-refractivity contribution in [2.45, 2.75) is 64.6 Å². The standard InChI is InChI=1S/C26H28N4O4/c1-16-6-10-21(11-7-16)33-26(31)30-19-8-9-20(30)14-22(13-19)32-24-17(2)25(29-15-28-24)34-23-5-4-12-27-18(23)3/h4-7,10-12,15,19-20,22H,8-9,13-14H2,1-3H3. The van der Waals surface area contributed by atoms with E-state index < -0.39 is 0 Å². The number of ether oxygens (including phenoxy) is 3. The number of carbonyl (C=O) groups is 1. The van der Waals surface area contributed by atoms with Crippen LogP contribution in [0.5, 0.6) is 23.3 Å². The van der Waals surface area contributed by atoms with Crippen LogP contribution in [0.2, 0.25) is 0 Å². The maximum Gasteiger partial charge on any atom is 0.415 e. The fraction of sp³-hybridized carbons (Fsp3) is 0.385. The van der Waals surface area contributed by atoms with E-state index in [2.05, 4.69) is 15.0 Å². The number of hydrogen-bond acceptors (Lipinski definition) is 7. The second-order valence-electron chi connectivity index (χ2n) is 8.98. The van der Waals surface area contributed by atoms with Crippen LogP contribution >= 0.6 is 0 Å². The third-order valence-electron chi connectivity index (χ3n) is 6.56. The maximum atomic E-state index is 12.9. The van der Waals surface area contributed by atoms with E-state index in [9.17, 15) is 4.79 Å². The second kappa shape index (κ2) is 9.29. The van der Waals surface area contributed by atoms with Crippen molar-refractivity contribution >= 4 is 6.09 Å². The van der Waals surface area contributed by atoms with Crippen molar-refractivity contribution in [3.05, 3.63) is 65.7 Å². The average molecular weight is 461 g/mol. The fourth-order valence-corrected chi connectivity index (χ4v) is 4.76. The van der Waals surface area contributed by atoms with Crippen molar-refractivity contribution in [1.82, 2.24) is 19.9 Å². The lowest BCUT2D eigenvalue weighted by atomic mass is 10.0. The summed E-state index contributed by atoms with van der Waals surface area (Å²) in [6, 6.07) is 11.4. The summed E-state index contributed by atoms with van der Waals surface area (Å²) in [5, 5.41) is 0. The molecule has 2 aliphatic rings. The molecule has 2 aliphatic heterocycles.